The number of fused-ring (bicyclic) bond motifs is 1. The second-order valence-corrected chi connectivity index (χ2v) is 5.82. The third kappa shape index (κ3) is 3.78. The summed E-state index contributed by atoms with van der Waals surface area (Å²) >= 11 is 0. The van der Waals surface area contributed by atoms with Crippen molar-refractivity contribution in [3.05, 3.63) is 63.9 Å². The SMILES string of the molecule is COc1cc([N+](=O)[O-])ccc1NC(=O)COC(=O)c1oc2ccccc2c1C. The van der Waals surface area contributed by atoms with Crippen LogP contribution in [0.15, 0.2) is 46.9 Å². The van der Waals surface area contributed by atoms with Gasteiger partial charge in [0.15, 0.2) is 6.61 Å². The monoisotopic (exact) mass is 384 g/mol. The molecule has 28 heavy (non-hydrogen) atoms. The third-order valence-electron chi connectivity index (χ3n) is 4.03. The number of methoxy groups -OCH3 is 1. The van der Waals surface area contributed by atoms with Crippen molar-refractivity contribution in [2.75, 3.05) is 19.0 Å². The van der Waals surface area contributed by atoms with Crippen molar-refractivity contribution in [3.63, 3.8) is 0 Å². The molecule has 0 bridgehead atoms. The van der Waals surface area contributed by atoms with Crippen LogP contribution < -0.4 is 10.1 Å². The molecule has 1 N–H and O–H groups in total. The van der Waals surface area contributed by atoms with Crippen molar-refractivity contribution in [2.45, 2.75) is 6.92 Å². The summed E-state index contributed by atoms with van der Waals surface area (Å²) in [5.41, 5.74) is 1.21. The fourth-order valence-electron chi connectivity index (χ4n) is 2.65. The molecule has 0 saturated heterocycles. The lowest BCUT2D eigenvalue weighted by Crippen LogP contribution is -2.21. The Morgan fingerprint density at radius 2 is 1.96 bits per heavy atom. The van der Waals surface area contributed by atoms with Gasteiger partial charge in [0.05, 0.1) is 23.8 Å². The summed E-state index contributed by atoms with van der Waals surface area (Å²) in [4.78, 5) is 34.5. The fraction of sp³-hybridized carbons (Fsp3) is 0.158. The van der Waals surface area contributed by atoms with Gasteiger partial charge in [0.1, 0.15) is 11.3 Å². The molecular formula is C19H16N2O7. The number of carbonyl (C=O) groups is 2. The van der Waals surface area contributed by atoms with E-state index < -0.39 is 23.4 Å². The van der Waals surface area contributed by atoms with Gasteiger partial charge in [-0.2, -0.15) is 0 Å². The number of nitro benzene ring substituents is 1. The predicted molar refractivity (Wildman–Crippen MR) is 99.5 cm³/mol. The van der Waals surface area contributed by atoms with Crippen LogP contribution in [0.3, 0.4) is 0 Å². The zero-order valence-electron chi connectivity index (χ0n) is 15.1. The maximum Gasteiger partial charge on any atom is 0.375 e. The highest BCUT2D eigenvalue weighted by Gasteiger charge is 2.20. The highest BCUT2D eigenvalue weighted by molar-refractivity contribution is 5.98. The van der Waals surface area contributed by atoms with E-state index in [0.29, 0.717) is 11.1 Å². The summed E-state index contributed by atoms with van der Waals surface area (Å²) in [6, 6.07) is 10.9. The summed E-state index contributed by atoms with van der Waals surface area (Å²) in [6.45, 7) is 1.17. The first-order chi connectivity index (χ1) is 13.4. The van der Waals surface area contributed by atoms with E-state index in [0.717, 1.165) is 5.39 Å². The fourth-order valence-corrected chi connectivity index (χ4v) is 2.65. The van der Waals surface area contributed by atoms with E-state index in [2.05, 4.69) is 5.32 Å². The number of hydrogen-bond acceptors (Lipinski definition) is 7. The summed E-state index contributed by atoms with van der Waals surface area (Å²) in [6.07, 6.45) is 0. The lowest BCUT2D eigenvalue weighted by Gasteiger charge is -2.10. The number of carbonyl (C=O) groups excluding carboxylic acids is 2. The van der Waals surface area contributed by atoms with Crippen LogP contribution in [0, 0.1) is 17.0 Å². The molecule has 3 rings (SSSR count). The maximum absolute atomic E-state index is 12.2. The number of rotatable bonds is 6. The highest BCUT2D eigenvalue weighted by atomic mass is 16.6. The maximum atomic E-state index is 12.2. The van der Waals surface area contributed by atoms with Crippen LogP contribution in [0.5, 0.6) is 5.75 Å². The van der Waals surface area contributed by atoms with Gasteiger partial charge >= 0.3 is 5.97 Å². The second kappa shape index (κ2) is 7.78. The van der Waals surface area contributed by atoms with Crippen molar-refractivity contribution in [1.29, 1.82) is 0 Å². The van der Waals surface area contributed by atoms with Crippen molar-refractivity contribution in [2.24, 2.45) is 0 Å². The van der Waals surface area contributed by atoms with Crippen LogP contribution in [0.4, 0.5) is 11.4 Å². The number of amides is 1. The number of ether oxygens (including phenoxy) is 2. The van der Waals surface area contributed by atoms with E-state index in [1.54, 1.807) is 19.1 Å². The normalized spacial score (nSPS) is 10.5. The molecular weight excluding hydrogens is 368 g/mol. The average molecular weight is 384 g/mol. The Hall–Kier alpha value is -3.88. The molecule has 0 spiro atoms. The highest BCUT2D eigenvalue weighted by Crippen LogP contribution is 2.29. The molecule has 2 aromatic carbocycles. The first-order valence-corrected chi connectivity index (χ1v) is 8.18. The number of nitrogens with zero attached hydrogens (tertiary/aromatic N) is 1. The summed E-state index contributed by atoms with van der Waals surface area (Å²) in [5.74, 6) is -1.25. The number of para-hydroxylation sites is 1. The molecule has 1 amide bonds. The first kappa shape index (κ1) is 18.9. The van der Waals surface area contributed by atoms with Gasteiger partial charge in [0.2, 0.25) is 5.76 Å². The van der Waals surface area contributed by atoms with Crippen molar-refractivity contribution < 1.29 is 28.4 Å². The minimum absolute atomic E-state index is 0.0296. The van der Waals surface area contributed by atoms with Gasteiger partial charge in [-0.25, -0.2) is 4.79 Å². The molecule has 0 aliphatic heterocycles. The topological polar surface area (TPSA) is 121 Å². The second-order valence-electron chi connectivity index (χ2n) is 5.82. The van der Waals surface area contributed by atoms with E-state index in [9.17, 15) is 19.7 Å². The van der Waals surface area contributed by atoms with Gasteiger partial charge in [-0.3, -0.25) is 14.9 Å². The van der Waals surface area contributed by atoms with Crippen LogP contribution in [0.2, 0.25) is 0 Å². The van der Waals surface area contributed by atoms with Gasteiger partial charge in [0.25, 0.3) is 11.6 Å². The molecule has 1 aromatic heterocycles. The van der Waals surface area contributed by atoms with E-state index >= 15 is 0 Å². The van der Waals surface area contributed by atoms with Crippen LogP contribution in [-0.2, 0) is 9.53 Å². The van der Waals surface area contributed by atoms with Crippen LogP contribution in [0.1, 0.15) is 16.1 Å². The molecule has 0 radical (unpaired) electrons. The molecule has 3 aromatic rings. The summed E-state index contributed by atoms with van der Waals surface area (Å²) in [5, 5.41) is 14.1. The number of nitro groups is 1. The molecule has 0 aliphatic rings. The predicted octanol–water partition coefficient (Wildman–Crippen LogP) is 3.45. The Morgan fingerprint density at radius 1 is 1.21 bits per heavy atom. The molecule has 0 fully saturated rings. The van der Waals surface area contributed by atoms with Crippen LogP contribution in [0.25, 0.3) is 11.0 Å². The Labute approximate surface area is 159 Å². The van der Waals surface area contributed by atoms with Crippen LogP contribution in [-0.4, -0.2) is 30.5 Å². The molecule has 0 saturated carbocycles. The number of nitrogens with one attached hydrogen (secondary N) is 1. The van der Waals surface area contributed by atoms with Gasteiger partial charge in [-0.15, -0.1) is 0 Å². The molecule has 9 nitrogen and oxygen atoms in total. The number of hydrogen-bond donors (Lipinski definition) is 1. The summed E-state index contributed by atoms with van der Waals surface area (Å²) < 4.78 is 15.5. The van der Waals surface area contributed by atoms with Gasteiger partial charge in [-0.1, -0.05) is 18.2 Å². The number of furan rings is 1. The van der Waals surface area contributed by atoms with Crippen molar-refractivity contribution in [3.8, 4) is 5.75 Å². The Bertz CT molecular complexity index is 1070. The van der Waals surface area contributed by atoms with E-state index in [1.807, 2.05) is 12.1 Å². The van der Waals surface area contributed by atoms with Gasteiger partial charge < -0.3 is 19.2 Å². The number of anilines is 1. The molecule has 0 unspecified atom stereocenters. The van der Waals surface area contributed by atoms with Crippen LogP contribution >= 0.6 is 0 Å². The molecule has 1 heterocycles. The quantitative estimate of drug-likeness (QED) is 0.392. The minimum Gasteiger partial charge on any atom is -0.494 e. The smallest absolute Gasteiger partial charge is 0.375 e. The van der Waals surface area contributed by atoms with Gasteiger partial charge in [-0.05, 0) is 19.1 Å². The molecule has 0 atom stereocenters. The van der Waals surface area contributed by atoms with Gasteiger partial charge in [0, 0.05) is 17.0 Å². The van der Waals surface area contributed by atoms with Crippen molar-refractivity contribution in [1.82, 2.24) is 0 Å². The third-order valence-corrected chi connectivity index (χ3v) is 4.03. The van der Waals surface area contributed by atoms with E-state index in [4.69, 9.17) is 13.9 Å². The lowest BCUT2D eigenvalue weighted by atomic mass is 10.1. The number of aryl methyl sites for hydroxylation is 1. The number of benzene rings is 2. The Morgan fingerprint density at radius 3 is 2.64 bits per heavy atom. The Kier molecular flexibility index (Phi) is 5.25. The first-order valence-electron chi connectivity index (χ1n) is 8.18. The Balaban J connectivity index is 1.66. The van der Waals surface area contributed by atoms with E-state index in [1.165, 1.54) is 25.3 Å². The molecule has 0 aliphatic carbocycles. The zero-order chi connectivity index (χ0) is 20.3. The largest absolute Gasteiger partial charge is 0.494 e. The van der Waals surface area contributed by atoms with E-state index in [-0.39, 0.29) is 22.9 Å². The average Bonchev–Trinajstić information content (AvgIpc) is 3.03. The standard InChI is InChI=1S/C19H16N2O7/c1-11-13-5-3-4-6-15(13)28-18(11)19(23)27-10-17(22)20-14-8-7-12(21(24)25)9-16(14)26-2/h3-9H,10H2,1-2H3,(H,20,22). The number of esters is 1. The number of non-ortho nitro benzene ring substituents is 1. The summed E-state index contributed by atoms with van der Waals surface area (Å²) in [7, 11) is 1.32. The van der Waals surface area contributed by atoms with Crippen molar-refractivity contribution >= 4 is 34.2 Å². The minimum atomic E-state index is -0.764. The molecule has 144 valence electrons. The zero-order valence-corrected chi connectivity index (χ0v) is 15.1. The molecule has 9 heteroatoms. The lowest BCUT2D eigenvalue weighted by molar-refractivity contribution is -0.384.